The van der Waals surface area contributed by atoms with Gasteiger partial charge in [-0.2, -0.15) is 0 Å². The molecular weight excluding hydrogens is 275 g/mol. The number of amides is 1. The first-order valence-electron chi connectivity index (χ1n) is 6.01. The maximum atomic E-state index is 13.4. The molecule has 0 saturated heterocycles. The summed E-state index contributed by atoms with van der Waals surface area (Å²) in [5, 5.41) is 9.96. The molecule has 1 amide bonds. The van der Waals surface area contributed by atoms with Crippen LogP contribution in [-0.2, 0) is 0 Å². The lowest BCUT2D eigenvalue weighted by Gasteiger charge is -2.06. The number of halogens is 1. The van der Waals surface area contributed by atoms with Crippen LogP contribution in [0.2, 0.25) is 0 Å². The van der Waals surface area contributed by atoms with E-state index in [0.717, 1.165) is 11.8 Å². The van der Waals surface area contributed by atoms with Gasteiger partial charge in [-0.25, -0.2) is 4.39 Å². The Morgan fingerprint density at radius 2 is 2.00 bits per heavy atom. The lowest BCUT2D eigenvalue weighted by molar-refractivity contribution is 0.102. The van der Waals surface area contributed by atoms with E-state index in [4.69, 9.17) is 4.42 Å². The minimum absolute atomic E-state index is 0.0639. The van der Waals surface area contributed by atoms with Gasteiger partial charge >= 0.3 is 0 Å². The van der Waals surface area contributed by atoms with Crippen LogP contribution in [0.4, 0.5) is 10.1 Å². The molecule has 104 valence electrons. The summed E-state index contributed by atoms with van der Waals surface area (Å²) in [5.41, 5.74) is 1.19. The highest BCUT2D eigenvalue weighted by atomic mass is 19.1. The molecule has 0 unspecified atom stereocenters. The first-order valence-corrected chi connectivity index (χ1v) is 6.01. The first kappa shape index (κ1) is 12.9. The molecule has 7 heteroatoms. The summed E-state index contributed by atoms with van der Waals surface area (Å²) in [6.45, 7) is 0. The van der Waals surface area contributed by atoms with E-state index in [0.29, 0.717) is 11.6 Å². The largest absolute Gasteiger partial charge is 0.423 e. The number of nitrogens with zero attached hydrogens (tertiary/aromatic N) is 3. The third kappa shape index (κ3) is 2.76. The average Bonchev–Trinajstić information content (AvgIpc) is 3.02. The van der Waals surface area contributed by atoms with Crippen LogP contribution in [0.5, 0.6) is 0 Å². The van der Waals surface area contributed by atoms with Crippen LogP contribution in [0.15, 0.2) is 53.5 Å². The molecule has 2 aromatic heterocycles. The second-order valence-electron chi connectivity index (χ2n) is 4.13. The Hall–Kier alpha value is -3.09. The Morgan fingerprint density at radius 1 is 1.19 bits per heavy atom. The molecule has 0 saturated carbocycles. The van der Waals surface area contributed by atoms with Crippen molar-refractivity contribution in [2.75, 3.05) is 5.32 Å². The number of nitrogens with one attached hydrogen (secondary N) is 1. The molecule has 3 rings (SSSR count). The molecule has 3 aromatic rings. The second kappa shape index (κ2) is 5.49. The van der Waals surface area contributed by atoms with Crippen LogP contribution in [0.1, 0.15) is 10.4 Å². The maximum absolute atomic E-state index is 13.4. The molecule has 21 heavy (non-hydrogen) atoms. The molecule has 1 N–H and O–H groups in total. The molecule has 1 aromatic carbocycles. The van der Waals surface area contributed by atoms with Gasteiger partial charge < -0.3 is 9.73 Å². The number of hydrogen-bond donors (Lipinski definition) is 1. The summed E-state index contributed by atoms with van der Waals surface area (Å²) in [6, 6.07) is 8.07. The fourth-order valence-corrected chi connectivity index (χ4v) is 1.75. The van der Waals surface area contributed by atoms with E-state index < -0.39 is 11.7 Å². The lowest BCUT2D eigenvalue weighted by atomic mass is 10.2. The fourth-order valence-electron chi connectivity index (χ4n) is 1.75. The number of hydrogen-bond acceptors (Lipinski definition) is 5. The number of carbonyl (C=O) groups is 1. The highest BCUT2D eigenvalue weighted by Crippen LogP contribution is 2.19. The van der Waals surface area contributed by atoms with E-state index >= 15 is 0 Å². The van der Waals surface area contributed by atoms with Gasteiger partial charge in [0.15, 0.2) is 5.82 Å². The van der Waals surface area contributed by atoms with Crippen LogP contribution < -0.4 is 5.32 Å². The van der Waals surface area contributed by atoms with Crippen LogP contribution in [-0.4, -0.2) is 21.1 Å². The van der Waals surface area contributed by atoms with Crippen molar-refractivity contribution < 1.29 is 13.6 Å². The summed E-state index contributed by atoms with van der Waals surface area (Å²) in [6.07, 6.45) is 3.58. The summed E-state index contributed by atoms with van der Waals surface area (Å²) in [7, 11) is 0. The zero-order valence-electron chi connectivity index (χ0n) is 10.7. The van der Waals surface area contributed by atoms with Crippen molar-refractivity contribution in [2.24, 2.45) is 0 Å². The van der Waals surface area contributed by atoms with Crippen molar-refractivity contribution in [1.82, 2.24) is 15.2 Å². The van der Waals surface area contributed by atoms with E-state index in [1.54, 1.807) is 24.3 Å². The topological polar surface area (TPSA) is 80.9 Å². The van der Waals surface area contributed by atoms with E-state index in [2.05, 4.69) is 20.5 Å². The smallest absolute Gasteiger partial charge is 0.258 e. The van der Waals surface area contributed by atoms with Crippen molar-refractivity contribution >= 4 is 11.6 Å². The van der Waals surface area contributed by atoms with Gasteiger partial charge in [-0.15, -0.1) is 10.2 Å². The molecule has 0 bridgehead atoms. The Kier molecular flexibility index (Phi) is 3.38. The van der Waals surface area contributed by atoms with Crippen LogP contribution in [0.25, 0.3) is 11.5 Å². The highest BCUT2D eigenvalue weighted by molar-refractivity contribution is 6.04. The Bertz CT molecular complexity index is 757. The highest BCUT2D eigenvalue weighted by Gasteiger charge is 2.11. The third-order valence-corrected chi connectivity index (χ3v) is 2.77. The molecule has 0 fully saturated rings. The maximum Gasteiger partial charge on any atom is 0.258 e. The van der Waals surface area contributed by atoms with Gasteiger partial charge in [0.2, 0.25) is 12.3 Å². The number of aromatic nitrogens is 3. The SMILES string of the molecule is O=C(Nc1ccc(-c2nnco2)cc1)c1ccncc1F. The van der Waals surface area contributed by atoms with E-state index in [1.165, 1.54) is 18.7 Å². The zero-order valence-corrected chi connectivity index (χ0v) is 10.7. The molecule has 0 radical (unpaired) electrons. The lowest BCUT2D eigenvalue weighted by Crippen LogP contribution is -2.13. The molecule has 0 aliphatic heterocycles. The van der Waals surface area contributed by atoms with Gasteiger partial charge in [0.25, 0.3) is 5.91 Å². The fraction of sp³-hybridized carbons (Fsp3) is 0. The summed E-state index contributed by atoms with van der Waals surface area (Å²) in [5.74, 6) is -0.828. The van der Waals surface area contributed by atoms with Gasteiger partial charge in [0.1, 0.15) is 0 Å². The summed E-state index contributed by atoms with van der Waals surface area (Å²) < 4.78 is 18.5. The number of rotatable bonds is 3. The molecule has 6 nitrogen and oxygen atoms in total. The number of pyridine rings is 1. The Morgan fingerprint density at radius 3 is 2.67 bits per heavy atom. The normalized spacial score (nSPS) is 10.3. The van der Waals surface area contributed by atoms with Gasteiger partial charge in [0, 0.05) is 17.4 Å². The van der Waals surface area contributed by atoms with Crippen LogP contribution >= 0.6 is 0 Å². The second-order valence-corrected chi connectivity index (χ2v) is 4.13. The number of benzene rings is 1. The Balaban J connectivity index is 1.77. The van der Waals surface area contributed by atoms with Crippen molar-refractivity contribution in [2.45, 2.75) is 0 Å². The number of carbonyl (C=O) groups excluding carboxylic acids is 1. The van der Waals surface area contributed by atoms with Gasteiger partial charge in [-0.3, -0.25) is 9.78 Å². The predicted octanol–water partition coefficient (Wildman–Crippen LogP) is 2.52. The minimum Gasteiger partial charge on any atom is -0.423 e. The monoisotopic (exact) mass is 284 g/mol. The molecule has 0 spiro atoms. The van der Waals surface area contributed by atoms with Crippen molar-refractivity contribution in [1.29, 1.82) is 0 Å². The summed E-state index contributed by atoms with van der Waals surface area (Å²) in [4.78, 5) is 15.5. The average molecular weight is 284 g/mol. The van der Waals surface area contributed by atoms with E-state index in [9.17, 15) is 9.18 Å². The summed E-state index contributed by atoms with van der Waals surface area (Å²) >= 11 is 0. The molecule has 2 heterocycles. The minimum atomic E-state index is -0.669. The van der Waals surface area contributed by atoms with Crippen LogP contribution in [0, 0.1) is 5.82 Å². The molecular formula is C14H9FN4O2. The van der Waals surface area contributed by atoms with E-state index in [1.807, 2.05) is 0 Å². The molecule has 0 aliphatic rings. The third-order valence-electron chi connectivity index (χ3n) is 2.77. The van der Waals surface area contributed by atoms with Crippen LogP contribution in [0.3, 0.4) is 0 Å². The Labute approximate surface area is 118 Å². The van der Waals surface area contributed by atoms with Crippen molar-refractivity contribution in [3.05, 3.63) is 60.5 Å². The predicted molar refractivity (Wildman–Crippen MR) is 71.9 cm³/mol. The quantitative estimate of drug-likeness (QED) is 0.799. The molecule has 0 aliphatic carbocycles. The molecule has 0 atom stereocenters. The van der Waals surface area contributed by atoms with E-state index in [-0.39, 0.29) is 5.56 Å². The standard InChI is InChI=1S/C14H9FN4O2/c15-12-7-16-6-5-11(12)13(20)18-10-3-1-9(2-4-10)14-19-17-8-21-14/h1-8H,(H,18,20). The first-order chi connectivity index (χ1) is 10.2. The zero-order chi connectivity index (χ0) is 14.7. The van der Waals surface area contributed by atoms with Gasteiger partial charge in [-0.1, -0.05) is 0 Å². The van der Waals surface area contributed by atoms with Crippen molar-refractivity contribution in [3.63, 3.8) is 0 Å². The van der Waals surface area contributed by atoms with Gasteiger partial charge in [-0.05, 0) is 30.3 Å². The van der Waals surface area contributed by atoms with Gasteiger partial charge in [0.05, 0.1) is 11.8 Å². The van der Waals surface area contributed by atoms with Crippen molar-refractivity contribution in [3.8, 4) is 11.5 Å². The number of anilines is 1.